The molecule has 0 atom stereocenters. The summed E-state index contributed by atoms with van der Waals surface area (Å²) < 4.78 is 0. The molecular weight excluding hydrogens is 178 g/mol. The minimum atomic E-state index is -0.148. The lowest BCUT2D eigenvalue weighted by molar-refractivity contribution is 0.106. The van der Waals surface area contributed by atoms with Crippen LogP contribution in [0.2, 0.25) is 0 Å². The molecule has 1 N–H and O–H groups in total. The Morgan fingerprint density at radius 3 is 2.57 bits per heavy atom. The summed E-state index contributed by atoms with van der Waals surface area (Å²) in [5.74, 6) is -0.148. The van der Waals surface area contributed by atoms with E-state index in [-0.39, 0.29) is 11.5 Å². The van der Waals surface area contributed by atoms with Crippen molar-refractivity contribution in [2.45, 2.75) is 20.3 Å². The zero-order valence-corrected chi connectivity index (χ0v) is 8.16. The summed E-state index contributed by atoms with van der Waals surface area (Å²) in [5.41, 5.74) is 4.14. The minimum Gasteiger partial charge on any atom is -0.411 e. The Morgan fingerprint density at radius 2 is 1.93 bits per heavy atom. The third kappa shape index (κ3) is 1.13. The van der Waals surface area contributed by atoms with Crippen molar-refractivity contribution in [1.29, 1.82) is 0 Å². The van der Waals surface area contributed by atoms with Crippen LogP contribution >= 0.6 is 0 Å². The molecule has 3 heteroatoms. The number of oxime groups is 1. The van der Waals surface area contributed by atoms with Crippen molar-refractivity contribution in [3.05, 3.63) is 34.4 Å². The molecule has 3 nitrogen and oxygen atoms in total. The second-order valence-electron chi connectivity index (χ2n) is 3.65. The summed E-state index contributed by atoms with van der Waals surface area (Å²) in [6.07, 6.45) is 0.450. The lowest BCUT2D eigenvalue weighted by Gasteiger charge is -2.02. The summed E-state index contributed by atoms with van der Waals surface area (Å²) in [6.45, 7) is 3.98. The van der Waals surface area contributed by atoms with Crippen LogP contribution in [-0.4, -0.2) is 16.7 Å². The van der Waals surface area contributed by atoms with E-state index in [1.54, 1.807) is 0 Å². The number of hydrogen-bond donors (Lipinski definition) is 1. The fourth-order valence-corrected chi connectivity index (χ4v) is 1.73. The van der Waals surface area contributed by atoms with E-state index in [4.69, 9.17) is 5.21 Å². The molecule has 0 aliphatic heterocycles. The number of carbonyl (C=O) groups is 1. The van der Waals surface area contributed by atoms with Crippen LogP contribution in [-0.2, 0) is 6.42 Å². The molecule has 0 amide bonds. The Balaban J connectivity index is 2.61. The molecule has 72 valence electrons. The van der Waals surface area contributed by atoms with Gasteiger partial charge in [-0.15, -0.1) is 0 Å². The van der Waals surface area contributed by atoms with Gasteiger partial charge in [-0.2, -0.15) is 0 Å². The van der Waals surface area contributed by atoms with Crippen LogP contribution in [0.1, 0.15) is 27.0 Å². The smallest absolute Gasteiger partial charge is 0.211 e. The number of fused-ring (bicyclic) bond motifs is 1. The molecule has 0 bridgehead atoms. The van der Waals surface area contributed by atoms with Crippen molar-refractivity contribution < 1.29 is 10.0 Å². The quantitative estimate of drug-likeness (QED) is 0.500. The highest BCUT2D eigenvalue weighted by molar-refractivity contribution is 6.49. The van der Waals surface area contributed by atoms with Gasteiger partial charge in [0.2, 0.25) is 5.78 Å². The van der Waals surface area contributed by atoms with Crippen LogP contribution in [0.25, 0.3) is 0 Å². The number of rotatable bonds is 0. The zero-order valence-electron chi connectivity index (χ0n) is 8.16. The molecule has 0 fully saturated rings. The van der Waals surface area contributed by atoms with Gasteiger partial charge in [-0.25, -0.2) is 0 Å². The molecule has 0 heterocycles. The Morgan fingerprint density at radius 1 is 1.29 bits per heavy atom. The maximum atomic E-state index is 11.6. The predicted molar refractivity (Wildman–Crippen MR) is 53.2 cm³/mol. The molecular formula is C11H11NO2. The molecule has 0 aromatic heterocycles. The number of Topliss-reactive ketones (excluding diaryl/α,β-unsaturated/α-hetero) is 1. The van der Waals surface area contributed by atoms with Crippen LogP contribution in [0.4, 0.5) is 0 Å². The first-order chi connectivity index (χ1) is 6.63. The standard InChI is InChI=1S/C11H11NO2/c1-6-3-8-5-10(12-14)11(13)9(8)4-7(6)2/h3-4,14H,5H2,1-2H3/b12-10-. The van der Waals surface area contributed by atoms with Gasteiger partial charge in [-0.3, -0.25) is 4.79 Å². The highest BCUT2D eigenvalue weighted by Crippen LogP contribution is 2.23. The Hall–Kier alpha value is -1.64. The first-order valence-corrected chi connectivity index (χ1v) is 4.49. The molecule has 1 aromatic rings. The Bertz CT molecular complexity index is 447. The third-order valence-electron chi connectivity index (χ3n) is 2.70. The molecule has 1 aliphatic carbocycles. The molecule has 0 saturated carbocycles. The highest BCUT2D eigenvalue weighted by atomic mass is 16.4. The molecule has 0 unspecified atom stereocenters. The van der Waals surface area contributed by atoms with Crippen molar-refractivity contribution in [1.82, 2.24) is 0 Å². The lowest BCUT2D eigenvalue weighted by atomic mass is 10.0. The normalized spacial score (nSPS) is 17.6. The van der Waals surface area contributed by atoms with E-state index in [2.05, 4.69) is 5.16 Å². The van der Waals surface area contributed by atoms with E-state index in [0.717, 1.165) is 16.7 Å². The largest absolute Gasteiger partial charge is 0.411 e. The lowest BCUT2D eigenvalue weighted by Crippen LogP contribution is -2.06. The fraction of sp³-hybridized carbons (Fsp3) is 0.273. The van der Waals surface area contributed by atoms with Crippen LogP contribution in [0.5, 0.6) is 0 Å². The molecule has 2 rings (SSSR count). The van der Waals surface area contributed by atoms with Gasteiger partial charge in [0.15, 0.2) is 0 Å². The van der Waals surface area contributed by atoms with Gasteiger partial charge in [0, 0.05) is 12.0 Å². The number of benzene rings is 1. The maximum absolute atomic E-state index is 11.6. The van der Waals surface area contributed by atoms with Gasteiger partial charge >= 0.3 is 0 Å². The maximum Gasteiger partial charge on any atom is 0.211 e. The van der Waals surface area contributed by atoms with Crippen molar-refractivity contribution in [3.8, 4) is 0 Å². The van der Waals surface area contributed by atoms with E-state index in [9.17, 15) is 4.79 Å². The van der Waals surface area contributed by atoms with Crippen molar-refractivity contribution in [2.24, 2.45) is 5.16 Å². The van der Waals surface area contributed by atoms with Crippen molar-refractivity contribution in [2.75, 3.05) is 0 Å². The number of nitrogens with zero attached hydrogens (tertiary/aromatic N) is 1. The van der Waals surface area contributed by atoms with Crippen LogP contribution < -0.4 is 0 Å². The number of carbonyl (C=O) groups excluding carboxylic acids is 1. The van der Waals surface area contributed by atoms with Crippen LogP contribution in [0.15, 0.2) is 17.3 Å². The van der Waals surface area contributed by atoms with Gasteiger partial charge in [0.05, 0.1) is 0 Å². The van der Waals surface area contributed by atoms with E-state index in [0.29, 0.717) is 12.0 Å². The second kappa shape index (κ2) is 2.94. The van der Waals surface area contributed by atoms with E-state index < -0.39 is 0 Å². The summed E-state index contributed by atoms with van der Waals surface area (Å²) in [6, 6.07) is 3.85. The summed E-state index contributed by atoms with van der Waals surface area (Å²) in [7, 11) is 0. The minimum absolute atomic E-state index is 0.148. The van der Waals surface area contributed by atoms with Gasteiger partial charge in [-0.1, -0.05) is 11.2 Å². The number of aryl methyl sites for hydroxylation is 2. The topological polar surface area (TPSA) is 49.7 Å². The van der Waals surface area contributed by atoms with E-state index >= 15 is 0 Å². The molecule has 1 aromatic carbocycles. The number of ketones is 1. The zero-order chi connectivity index (χ0) is 10.3. The molecule has 0 spiro atoms. The van der Waals surface area contributed by atoms with Crippen LogP contribution in [0.3, 0.4) is 0 Å². The summed E-state index contributed by atoms with van der Waals surface area (Å²) >= 11 is 0. The van der Waals surface area contributed by atoms with E-state index in [1.807, 2.05) is 26.0 Å². The average Bonchev–Trinajstić information content (AvgIpc) is 2.45. The third-order valence-corrected chi connectivity index (χ3v) is 2.70. The molecule has 0 saturated heterocycles. The summed E-state index contributed by atoms with van der Waals surface area (Å²) in [5, 5.41) is 11.6. The number of hydrogen-bond acceptors (Lipinski definition) is 3. The fourth-order valence-electron chi connectivity index (χ4n) is 1.73. The molecule has 14 heavy (non-hydrogen) atoms. The second-order valence-corrected chi connectivity index (χ2v) is 3.65. The average molecular weight is 189 g/mol. The Labute approximate surface area is 82.1 Å². The van der Waals surface area contributed by atoms with Gasteiger partial charge in [-0.05, 0) is 36.6 Å². The Kier molecular flexibility index (Phi) is 1.88. The first kappa shape index (κ1) is 8.94. The van der Waals surface area contributed by atoms with Crippen molar-refractivity contribution >= 4 is 11.5 Å². The summed E-state index contributed by atoms with van der Waals surface area (Å²) in [4.78, 5) is 11.6. The molecule has 0 radical (unpaired) electrons. The van der Waals surface area contributed by atoms with Gasteiger partial charge < -0.3 is 5.21 Å². The van der Waals surface area contributed by atoms with Gasteiger partial charge in [0.1, 0.15) is 5.71 Å². The van der Waals surface area contributed by atoms with Crippen molar-refractivity contribution in [3.63, 3.8) is 0 Å². The highest BCUT2D eigenvalue weighted by Gasteiger charge is 2.27. The SMILES string of the molecule is Cc1cc2c(cc1C)C(=O)/C(=N\O)C2. The van der Waals surface area contributed by atoms with E-state index in [1.165, 1.54) is 0 Å². The molecule has 1 aliphatic rings. The van der Waals surface area contributed by atoms with Crippen LogP contribution in [0, 0.1) is 13.8 Å². The first-order valence-electron chi connectivity index (χ1n) is 4.49. The van der Waals surface area contributed by atoms with Gasteiger partial charge in [0.25, 0.3) is 0 Å². The predicted octanol–water partition coefficient (Wildman–Crippen LogP) is 1.87. The monoisotopic (exact) mass is 189 g/mol.